The van der Waals surface area contributed by atoms with Gasteiger partial charge in [-0.05, 0) is 49.8 Å². The second kappa shape index (κ2) is 9.30. The number of pyridine rings is 2. The fourth-order valence-electron chi connectivity index (χ4n) is 4.20. The number of anilines is 1. The van der Waals surface area contributed by atoms with Gasteiger partial charge in [-0.25, -0.2) is 4.79 Å². The second-order valence-corrected chi connectivity index (χ2v) is 7.96. The minimum atomic E-state index is -0.112. The van der Waals surface area contributed by atoms with Crippen LogP contribution in [-0.4, -0.2) is 43.3 Å². The number of nitrogens with one attached hydrogen (secondary N) is 1. The molecule has 0 aromatic carbocycles. The number of rotatable bonds is 7. The number of hydrogen-bond donors (Lipinski definition) is 2. The number of ether oxygens (including phenoxy) is 1. The van der Waals surface area contributed by atoms with Gasteiger partial charge in [-0.1, -0.05) is 0 Å². The van der Waals surface area contributed by atoms with E-state index in [9.17, 15) is 9.59 Å². The summed E-state index contributed by atoms with van der Waals surface area (Å²) >= 11 is 0. The third kappa shape index (κ3) is 4.61. The molecular formula is C22H27N5O4. The predicted octanol–water partition coefficient (Wildman–Crippen LogP) is 1.95. The molecule has 0 aliphatic heterocycles. The molecule has 4 rings (SSSR count). The zero-order chi connectivity index (χ0) is 21.8. The number of aliphatic hydroxyl groups excluding tert-OH is 1. The number of fused-ring (bicyclic) bond motifs is 1. The standard InChI is InChI=1S/C22H27N5O4/c1-26-18-6-7-19(31-13-12-28)25-20(18)27(22(26)30)14-15-2-4-16(5-3-15)21(29)24-17-8-10-23-11-9-17/h6-11,15-16,28H,2-5,12-14H2,1H3,(H,23,24,29). The Morgan fingerprint density at radius 2 is 1.94 bits per heavy atom. The average Bonchev–Trinajstić information content (AvgIpc) is 3.03. The number of imidazole rings is 1. The van der Waals surface area contributed by atoms with Crippen LogP contribution >= 0.6 is 0 Å². The van der Waals surface area contributed by atoms with E-state index in [-0.39, 0.29) is 30.7 Å². The molecule has 0 radical (unpaired) electrons. The quantitative estimate of drug-likeness (QED) is 0.599. The van der Waals surface area contributed by atoms with Crippen molar-refractivity contribution in [2.75, 3.05) is 18.5 Å². The third-order valence-corrected chi connectivity index (χ3v) is 5.91. The molecule has 1 fully saturated rings. The van der Waals surface area contributed by atoms with E-state index in [1.807, 2.05) is 6.07 Å². The lowest BCUT2D eigenvalue weighted by atomic mass is 9.81. The van der Waals surface area contributed by atoms with Crippen LogP contribution in [0.5, 0.6) is 5.88 Å². The number of carbonyl (C=O) groups is 1. The lowest BCUT2D eigenvalue weighted by molar-refractivity contribution is -0.121. The average molecular weight is 425 g/mol. The lowest BCUT2D eigenvalue weighted by Crippen LogP contribution is -2.31. The lowest BCUT2D eigenvalue weighted by Gasteiger charge is -2.27. The van der Waals surface area contributed by atoms with Crippen LogP contribution in [0.3, 0.4) is 0 Å². The Kier molecular flexibility index (Phi) is 6.31. The van der Waals surface area contributed by atoms with Crippen LogP contribution in [0.15, 0.2) is 41.5 Å². The molecule has 0 unspecified atom stereocenters. The van der Waals surface area contributed by atoms with Crippen LogP contribution in [0, 0.1) is 11.8 Å². The SMILES string of the molecule is Cn1c(=O)n(CC2CCC(C(=O)Nc3ccncc3)CC2)c2nc(OCCO)ccc21. The molecule has 0 atom stereocenters. The van der Waals surface area contributed by atoms with Crippen molar-refractivity contribution in [2.45, 2.75) is 32.2 Å². The first-order valence-corrected chi connectivity index (χ1v) is 10.6. The van der Waals surface area contributed by atoms with Gasteiger partial charge in [0.1, 0.15) is 6.61 Å². The fourth-order valence-corrected chi connectivity index (χ4v) is 4.20. The van der Waals surface area contributed by atoms with E-state index >= 15 is 0 Å². The van der Waals surface area contributed by atoms with Gasteiger partial charge in [-0.3, -0.25) is 18.9 Å². The predicted molar refractivity (Wildman–Crippen MR) is 116 cm³/mol. The maximum Gasteiger partial charge on any atom is 0.330 e. The van der Waals surface area contributed by atoms with Gasteiger partial charge in [0.15, 0.2) is 5.65 Å². The number of nitrogens with zero attached hydrogens (tertiary/aromatic N) is 4. The Morgan fingerprint density at radius 1 is 1.19 bits per heavy atom. The zero-order valence-corrected chi connectivity index (χ0v) is 17.5. The largest absolute Gasteiger partial charge is 0.475 e. The Bertz CT molecular complexity index is 1100. The normalized spacial score (nSPS) is 18.8. The van der Waals surface area contributed by atoms with Gasteiger partial charge < -0.3 is 15.2 Å². The molecule has 164 valence electrons. The highest BCUT2D eigenvalue weighted by atomic mass is 16.5. The van der Waals surface area contributed by atoms with Gasteiger partial charge in [-0.15, -0.1) is 0 Å². The molecule has 1 aliphatic rings. The summed E-state index contributed by atoms with van der Waals surface area (Å²) < 4.78 is 8.70. The summed E-state index contributed by atoms with van der Waals surface area (Å²) in [7, 11) is 1.73. The number of aromatic nitrogens is 4. The van der Waals surface area contributed by atoms with Crippen molar-refractivity contribution < 1.29 is 14.6 Å². The topological polar surface area (TPSA) is 111 Å². The van der Waals surface area contributed by atoms with Crippen molar-refractivity contribution >= 4 is 22.8 Å². The van der Waals surface area contributed by atoms with E-state index in [0.29, 0.717) is 24.0 Å². The van der Waals surface area contributed by atoms with Crippen LogP contribution in [0.2, 0.25) is 0 Å². The molecule has 1 aliphatic carbocycles. The summed E-state index contributed by atoms with van der Waals surface area (Å²) in [5.74, 6) is 0.707. The maximum absolute atomic E-state index is 12.8. The van der Waals surface area contributed by atoms with E-state index in [1.165, 1.54) is 0 Å². The van der Waals surface area contributed by atoms with Crippen molar-refractivity contribution in [3.05, 3.63) is 47.1 Å². The number of amides is 1. The molecule has 2 N–H and O–H groups in total. The molecule has 0 saturated heterocycles. The zero-order valence-electron chi connectivity index (χ0n) is 17.5. The van der Waals surface area contributed by atoms with Crippen molar-refractivity contribution in [3.63, 3.8) is 0 Å². The minimum absolute atomic E-state index is 0.0229. The Hall–Kier alpha value is -3.20. The van der Waals surface area contributed by atoms with Gasteiger partial charge in [0.25, 0.3) is 0 Å². The number of hydrogen-bond acceptors (Lipinski definition) is 6. The van der Waals surface area contributed by atoms with E-state index in [2.05, 4.69) is 15.3 Å². The highest BCUT2D eigenvalue weighted by Gasteiger charge is 2.27. The van der Waals surface area contributed by atoms with Crippen LogP contribution in [0.4, 0.5) is 5.69 Å². The second-order valence-electron chi connectivity index (χ2n) is 7.96. The molecule has 0 bridgehead atoms. The van der Waals surface area contributed by atoms with E-state index in [0.717, 1.165) is 36.9 Å². The van der Waals surface area contributed by atoms with Gasteiger partial charge in [0.05, 0.1) is 12.1 Å². The van der Waals surface area contributed by atoms with Crippen molar-refractivity contribution in [1.82, 2.24) is 19.1 Å². The smallest absolute Gasteiger partial charge is 0.330 e. The minimum Gasteiger partial charge on any atom is -0.475 e. The molecular weight excluding hydrogens is 398 g/mol. The molecule has 3 heterocycles. The van der Waals surface area contributed by atoms with Crippen molar-refractivity contribution in [1.29, 1.82) is 0 Å². The Morgan fingerprint density at radius 3 is 2.65 bits per heavy atom. The summed E-state index contributed by atoms with van der Waals surface area (Å²) in [6.45, 7) is 0.617. The van der Waals surface area contributed by atoms with Crippen LogP contribution < -0.4 is 15.7 Å². The van der Waals surface area contributed by atoms with Gasteiger partial charge >= 0.3 is 5.69 Å². The van der Waals surface area contributed by atoms with E-state index in [1.54, 1.807) is 46.8 Å². The van der Waals surface area contributed by atoms with Crippen molar-refractivity contribution in [2.24, 2.45) is 18.9 Å². The monoisotopic (exact) mass is 425 g/mol. The van der Waals surface area contributed by atoms with Crippen molar-refractivity contribution in [3.8, 4) is 5.88 Å². The molecule has 31 heavy (non-hydrogen) atoms. The first-order chi connectivity index (χ1) is 15.1. The summed E-state index contributed by atoms with van der Waals surface area (Å²) in [6.07, 6.45) is 6.64. The number of carbonyl (C=O) groups excluding carboxylic acids is 1. The summed E-state index contributed by atoms with van der Waals surface area (Å²) in [5, 5.41) is 11.9. The highest BCUT2D eigenvalue weighted by molar-refractivity contribution is 5.92. The third-order valence-electron chi connectivity index (χ3n) is 5.91. The van der Waals surface area contributed by atoms with Crippen LogP contribution in [-0.2, 0) is 18.4 Å². The first kappa shape index (κ1) is 21.0. The Labute approximate surface area is 179 Å². The molecule has 9 heteroatoms. The van der Waals surface area contributed by atoms with E-state index in [4.69, 9.17) is 9.84 Å². The summed E-state index contributed by atoms with van der Waals surface area (Å²) in [6, 6.07) is 7.08. The van der Waals surface area contributed by atoms with Crippen LogP contribution in [0.25, 0.3) is 11.2 Å². The molecule has 3 aromatic heterocycles. The fraction of sp³-hybridized carbons (Fsp3) is 0.455. The number of aliphatic hydroxyl groups is 1. The molecule has 1 saturated carbocycles. The van der Waals surface area contributed by atoms with E-state index < -0.39 is 0 Å². The molecule has 0 spiro atoms. The number of aryl methyl sites for hydroxylation is 1. The molecule has 9 nitrogen and oxygen atoms in total. The van der Waals surface area contributed by atoms with Gasteiger partial charge in [0, 0.05) is 43.7 Å². The highest BCUT2D eigenvalue weighted by Crippen LogP contribution is 2.31. The summed E-state index contributed by atoms with van der Waals surface area (Å²) in [5.41, 5.74) is 1.97. The maximum atomic E-state index is 12.8. The Balaban J connectivity index is 1.42. The first-order valence-electron chi connectivity index (χ1n) is 10.6. The van der Waals surface area contributed by atoms with Gasteiger partial charge in [-0.2, -0.15) is 4.98 Å². The molecule has 3 aromatic rings. The van der Waals surface area contributed by atoms with Gasteiger partial charge in [0.2, 0.25) is 11.8 Å². The summed E-state index contributed by atoms with van der Waals surface area (Å²) in [4.78, 5) is 33.8. The molecule has 1 amide bonds. The van der Waals surface area contributed by atoms with Crippen LogP contribution in [0.1, 0.15) is 25.7 Å².